The van der Waals surface area contributed by atoms with Crippen molar-refractivity contribution < 1.29 is 8.42 Å². The van der Waals surface area contributed by atoms with Crippen LogP contribution in [0.25, 0.3) is 0 Å². The van der Waals surface area contributed by atoms with Gasteiger partial charge in [0.25, 0.3) is 10.2 Å². The molecule has 102 valence electrons. The summed E-state index contributed by atoms with van der Waals surface area (Å²) in [6.45, 7) is 2.42. The SMILES string of the molecule is Cl.N[C@H]1CCN(S(=O)(=O)N2CCCCCC2)C1. The van der Waals surface area contributed by atoms with Crippen LogP contribution in [0.3, 0.4) is 0 Å². The lowest BCUT2D eigenvalue weighted by atomic mass is 10.2. The summed E-state index contributed by atoms with van der Waals surface area (Å²) < 4.78 is 27.7. The van der Waals surface area contributed by atoms with Gasteiger partial charge in [0.1, 0.15) is 0 Å². The third-order valence-electron chi connectivity index (χ3n) is 3.41. The molecule has 0 saturated carbocycles. The number of hydrogen-bond donors (Lipinski definition) is 1. The van der Waals surface area contributed by atoms with E-state index in [9.17, 15) is 8.42 Å². The lowest BCUT2D eigenvalue weighted by molar-refractivity contribution is 0.365. The lowest BCUT2D eigenvalue weighted by Gasteiger charge is -2.25. The molecule has 2 aliphatic heterocycles. The number of halogens is 1. The summed E-state index contributed by atoms with van der Waals surface area (Å²) in [6, 6.07) is 0.0155. The minimum atomic E-state index is -3.23. The molecule has 1 atom stereocenters. The van der Waals surface area contributed by atoms with Crippen molar-refractivity contribution in [1.29, 1.82) is 0 Å². The molecule has 0 radical (unpaired) electrons. The summed E-state index contributed by atoms with van der Waals surface area (Å²) >= 11 is 0. The van der Waals surface area contributed by atoms with Gasteiger partial charge in [0.05, 0.1) is 0 Å². The summed E-state index contributed by atoms with van der Waals surface area (Å²) in [7, 11) is -3.23. The number of nitrogens with zero attached hydrogens (tertiary/aromatic N) is 2. The molecule has 0 aromatic heterocycles. The maximum Gasteiger partial charge on any atom is 0.282 e. The van der Waals surface area contributed by atoms with Crippen LogP contribution in [-0.2, 0) is 10.2 Å². The molecule has 0 aromatic carbocycles. The van der Waals surface area contributed by atoms with Crippen molar-refractivity contribution in [3.63, 3.8) is 0 Å². The van der Waals surface area contributed by atoms with E-state index in [1.165, 1.54) is 0 Å². The second kappa shape index (κ2) is 6.33. The normalized spacial score (nSPS) is 28.6. The van der Waals surface area contributed by atoms with E-state index in [4.69, 9.17) is 5.73 Å². The average molecular weight is 284 g/mol. The average Bonchev–Trinajstić information content (AvgIpc) is 2.54. The molecule has 2 rings (SSSR count). The van der Waals surface area contributed by atoms with Gasteiger partial charge in [-0.25, -0.2) is 0 Å². The predicted octanol–water partition coefficient (Wildman–Crippen LogP) is 0.562. The topological polar surface area (TPSA) is 66.6 Å². The van der Waals surface area contributed by atoms with Gasteiger partial charge in [-0.15, -0.1) is 12.4 Å². The minimum absolute atomic E-state index is 0. The number of hydrogen-bond acceptors (Lipinski definition) is 3. The highest BCUT2D eigenvalue weighted by Crippen LogP contribution is 2.19. The Hall–Kier alpha value is 0.120. The van der Waals surface area contributed by atoms with Gasteiger partial charge in [-0.3, -0.25) is 0 Å². The standard InChI is InChI=1S/C10H21N3O2S.ClH/c11-10-5-8-13(9-10)16(14,15)12-6-3-1-2-4-7-12;/h10H,1-9,11H2;1H/t10-;/m0./s1. The van der Waals surface area contributed by atoms with E-state index < -0.39 is 10.2 Å². The second-order valence-corrected chi connectivity index (χ2v) is 6.66. The van der Waals surface area contributed by atoms with Gasteiger partial charge in [-0.05, 0) is 19.3 Å². The zero-order valence-corrected chi connectivity index (χ0v) is 11.7. The van der Waals surface area contributed by atoms with Gasteiger partial charge >= 0.3 is 0 Å². The molecule has 0 aliphatic carbocycles. The molecule has 0 aromatic rings. The molecule has 2 saturated heterocycles. The zero-order valence-electron chi connectivity index (χ0n) is 10.0. The van der Waals surface area contributed by atoms with E-state index in [-0.39, 0.29) is 18.4 Å². The van der Waals surface area contributed by atoms with E-state index in [1.54, 1.807) is 8.61 Å². The van der Waals surface area contributed by atoms with E-state index >= 15 is 0 Å². The molecule has 2 aliphatic rings. The smallest absolute Gasteiger partial charge is 0.282 e. The number of rotatable bonds is 2. The fourth-order valence-electron chi connectivity index (χ4n) is 2.40. The third kappa shape index (κ3) is 3.54. The molecule has 0 spiro atoms. The van der Waals surface area contributed by atoms with E-state index in [0.29, 0.717) is 26.2 Å². The molecule has 2 fully saturated rings. The Kier molecular flexibility index (Phi) is 5.66. The van der Waals surface area contributed by atoms with Gasteiger partial charge in [0, 0.05) is 32.2 Å². The van der Waals surface area contributed by atoms with Crippen LogP contribution in [0.1, 0.15) is 32.1 Å². The van der Waals surface area contributed by atoms with E-state index in [2.05, 4.69) is 0 Å². The Balaban J connectivity index is 0.00000144. The quantitative estimate of drug-likeness (QED) is 0.805. The van der Waals surface area contributed by atoms with Crippen molar-refractivity contribution in [3.05, 3.63) is 0 Å². The molecular weight excluding hydrogens is 262 g/mol. The van der Waals surface area contributed by atoms with Crippen molar-refractivity contribution in [3.8, 4) is 0 Å². The van der Waals surface area contributed by atoms with Gasteiger partial charge < -0.3 is 5.73 Å². The molecule has 17 heavy (non-hydrogen) atoms. The molecule has 0 unspecified atom stereocenters. The van der Waals surface area contributed by atoms with E-state index in [1.807, 2.05) is 0 Å². The second-order valence-electron chi connectivity index (χ2n) is 4.73. The van der Waals surface area contributed by atoms with Crippen molar-refractivity contribution in [2.24, 2.45) is 5.73 Å². The van der Waals surface area contributed by atoms with Crippen molar-refractivity contribution in [2.45, 2.75) is 38.1 Å². The highest BCUT2D eigenvalue weighted by molar-refractivity contribution is 7.86. The van der Waals surface area contributed by atoms with Crippen LogP contribution in [0, 0.1) is 0 Å². The summed E-state index contributed by atoms with van der Waals surface area (Å²) in [5.41, 5.74) is 5.76. The van der Waals surface area contributed by atoms with Gasteiger partial charge in [0.15, 0.2) is 0 Å². The molecule has 2 heterocycles. The van der Waals surface area contributed by atoms with E-state index in [0.717, 1.165) is 32.1 Å². The number of nitrogens with two attached hydrogens (primary N) is 1. The van der Waals surface area contributed by atoms with Crippen molar-refractivity contribution in [2.75, 3.05) is 26.2 Å². The van der Waals surface area contributed by atoms with Gasteiger partial charge in [-0.1, -0.05) is 12.8 Å². The molecule has 7 heteroatoms. The van der Waals surface area contributed by atoms with Crippen LogP contribution in [0.15, 0.2) is 0 Å². The Morgan fingerprint density at radius 3 is 2.00 bits per heavy atom. The molecular formula is C10H22ClN3O2S. The van der Waals surface area contributed by atoms with Gasteiger partial charge in [0.2, 0.25) is 0 Å². The Labute approximate surface area is 110 Å². The van der Waals surface area contributed by atoms with Crippen LogP contribution < -0.4 is 5.73 Å². The van der Waals surface area contributed by atoms with Crippen molar-refractivity contribution in [1.82, 2.24) is 8.61 Å². The maximum atomic E-state index is 12.3. The summed E-state index contributed by atoms with van der Waals surface area (Å²) in [5.74, 6) is 0. The highest BCUT2D eigenvalue weighted by atomic mass is 35.5. The molecule has 0 amide bonds. The Morgan fingerprint density at radius 1 is 0.941 bits per heavy atom. The van der Waals surface area contributed by atoms with Crippen LogP contribution in [-0.4, -0.2) is 49.2 Å². The van der Waals surface area contributed by atoms with Gasteiger partial charge in [-0.2, -0.15) is 17.0 Å². The summed E-state index contributed by atoms with van der Waals surface area (Å²) in [4.78, 5) is 0. The Bertz CT molecular complexity index is 328. The molecule has 2 N–H and O–H groups in total. The summed E-state index contributed by atoms with van der Waals surface area (Å²) in [5, 5.41) is 0. The summed E-state index contributed by atoms with van der Waals surface area (Å²) in [6.07, 6.45) is 5.04. The van der Waals surface area contributed by atoms with Crippen LogP contribution in [0.2, 0.25) is 0 Å². The fraction of sp³-hybridized carbons (Fsp3) is 1.00. The monoisotopic (exact) mass is 283 g/mol. The fourth-order valence-corrected chi connectivity index (χ4v) is 4.16. The first-order valence-corrected chi connectivity index (χ1v) is 7.51. The first-order chi connectivity index (χ1) is 7.60. The van der Waals surface area contributed by atoms with Crippen LogP contribution >= 0.6 is 12.4 Å². The molecule has 5 nitrogen and oxygen atoms in total. The minimum Gasteiger partial charge on any atom is -0.326 e. The predicted molar refractivity (Wildman–Crippen MR) is 70.4 cm³/mol. The molecule has 0 bridgehead atoms. The first kappa shape index (κ1) is 15.2. The zero-order chi connectivity index (χ0) is 11.6. The van der Waals surface area contributed by atoms with Crippen LogP contribution in [0.4, 0.5) is 0 Å². The van der Waals surface area contributed by atoms with Crippen molar-refractivity contribution >= 4 is 22.6 Å². The third-order valence-corrected chi connectivity index (χ3v) is 5.41. The lowest BCUT2D eigenvalue weighted by Crippen LogP contribution is -2.44. The first-order valence-electron chi connectivity index (χ1n) is 6.11. The largest absolute Gasteiger partial charge is 0.326 e. The maximum absolute atomic E-state index is 12.3. The Morgan fingerprint density at radius 2 is 1.53 bits per heavy atom. The van der Waals surface area contributed by atoms with Crippen LogP contribution in [0.5, 0.6) is 0 Å². The highest BCUT2D eigenvalue weighted by Gasteiger charge is 2.34.